The van der Waals surface area contributed by atoms with Crippen LogP contribution in [-0.4, -0.2) is 82.2 Å². The Labute approximate surface area is 336 Å². The fourth-order valence-electron chi connectivity index (χ4n) is 5.87. The number of hydrogen-bond donors (Lipinski definition) is 0. The molecule has 0 saturated heterocycles. The Morgan fingerprint density at radius 2 is 1.06 bits per heavy atom. The fraction of sp³-hybridized carbons (Fsp3) is 0.825. The van der Waals surface area contributed by atoms with E-state index < -0.39 is 35.6 Å². The third kappa shape index (κ3) is 28.3. The molecule has 0 amide bonds. The molecule has 0 aliphatic carbocycles. The summed E-state index contributed by atoms with van der Waals surface area (Å²) in [7, 11) is 10.4. The third-order valence-electron chi connectivity index (χ3n) is 9.15. The second-order valence-corrected chi connectivity index (χ2v) is 42.7. The van der Waals surface area contributed by atoms with Crippen LogP contribution in [0.3, 0.4) is 0 Å². The number of halogens is 1. The summed E-state index contributed by atoms with van der Waals surface area (Å²) < 4.78 is 24.8. The molecule has 0 bridgehead atoms. The van der Waals surface area contributed by atoms with Crippen molar-refractivity contribution in [3.05, 3.63) is 38.0 Å². The predicted octanol–water partition coefficient (Wildman–Crippen LogP) is 9.31. The Morgan fingerprint density at radius 1 is 0.640 bits per heavy atom. The molecule has 0 N–H and O–H groups in total. The van der Waals surface area contributed by atoms with E-state index in [1.165, 1.54) is 114 Å². The first kappa shape index (κ1) is 55.2. The van der Waals surface area contributed by atoms with Crippen molar-refractivity contribution in [2.45, 2.75) is 178 Å². The van der Waals surface area contributed by atoms with E-state index in [1.54, 1.807) is 26.7 Å². The summed E-state index contributed by atoms with van der Waals surface area (Å²) in [6, 6.07) is 0. The second-order valence-electron chi connectivity index (χ2n) is 13.6. The molecule has 0 radical (unpaired) electrons. The van der Waals surface area contributed by atoms with Crippen LogP contribution < -0.4 is 22.7 Å². The van der Waals surface area contributed by atoms with Gasteiger partial charge in [-0.2, -0.15) is 6.42 Å². The normalized spacial score (nSPS) is 11.0. The van der Waals surface area contributed by atoms with Crippen molar-refractivity contribution in [3.63, 3.8) is 0 Å². The first-order valence-electron chi connectivity index (χ1n) is 20.2. The monoisotopic (exact) mass is 932 g/mol. The van der Waals surface area contributed by atoms with Crippen LogP contribution in [-0.2, 0) is 22.6 Å². The Balaban J connectivity index is -0.000000673. The van der Waals surface area contributed by atoms with Gasteiger partial charge in [0.1, 0.15) is 0 Å². The van der Waals surface area contributed by atoms with Crippen LogP contribution in [0.25, 0.3) is 0 Å². The van der Waals surface area contributed by atoms with Crippen LogP contribution in [0.15, 0.2) is 31.1 Å². The number of methoxy groups -OCH3 is 2. The van der Waals surface area contributed by atoms with Gasteiger partial charge in [-0.05, 0) is 0 Å². The van der Waals surface area contributed by atoms with E-state index in [2.05, 4.69) is 71.1 Å². The zero-order chi connectivity index (χ0) is 37.1. The largest absolute Gasteiger partial charge is 1.00 e. The average molecular weight is 931 g/mol. The van der Waals surface area contributed by atoms with Crippen LogP contribution in [0.1, 0.15) is 138 Å². The number of unbranched alkanes of at least 4 members (excludes halogenated alkanes) is 7. The molecular formula is C40H82ClLiN4O2Sn2. The van der Waals surface area contributed by atoms with Crippen LogP contribution >= 0.6 is 8.92 Å². The first-order valence-corrected chi connectivity index (χ1v) is 37.3. The third-order valence-corrected chi connectivity index (χ3v) is 38.8. The minimum atomic E-state index is -2.37. The van der Waals surface area contributed by atoms with Gasteiger partial charge in [0, 0.05) is 26.0 Å². The van der Waals surface area contributed by atoms with E-state index in [0.717, 1.165) is 32.7 Å². The molecule has 0 saturated carbocycles. The molecule has 0 atom stereocenters. The standard InChI is InChI=1S/C6H10N2O.C6H9N2O.7C4H9.ClH.Li.2Sn/c2*1-9-5-4-8-3-2-7-6-8;7*1-3-4-2;;;;/h2-3,6H,4-5H2,1H3;2-3H,4-5H2,1H3;7*1,3-4H2,2H3;1H;;;/q;;;;;;;;-1;;+1;;+1/p-1. The number of rotatable bonds is 26. The molecule has 2 aromatic rings. The maximum Gasteiger partial charge on any atom is 1.00 e. The van der Waals surface area contributed by atoms with Crippen LogP contribution in [0.4, 0.5) is 0 Å². The quantitative estimate of drug-likeness (QED) is 0.0698. The van der Waals surface area contributed by atoms with Crippen LogP contribution in [0.5, 0.6) is 0 Å². The molecule has 2 rings (SSSR count). The summed E-state index contributed by atoms with van der Waals surface area (Å²) in [6.45, 7) is 22.9. The maximum atomic E-state index is 6.89. The minimum Gasteiger partial charge on any atom is -0.383 e. The minimum absolute atomic E-state index is 0. The molecule has 0 aromatic carbocycles. The van der Waals surface area contributed by atoms with Gasteiger partial charge >= 0.3 is 259 Å². The number of imidazole rings is 2. The number of hydrogen-bond acceptors (Lipinski definition) is 4. The molecule has 290 valence electrons. The first-order chi connectivity index (χ1) is 23.8. The van der Waals surface area contributed by atoms with Gasteiger partial charge < -0.3 is 16.2 Å². The molecule has 0 aliphatic rings. The van der Waals surface area contributed by atoms with Gasteiger partial charge in [0.2, 0.25) is 0 Å². The smallest absolute Gasteiger partial charge is 0.383 e. The molecule has 10 heteroatoms. The van der Waals surface area contributed by atoms with Crippen molar-refractivity contribution >= 4 is 48.4 Å². The predicted molar refractivity (Wildman–Crippen MR) is 224 cm³/mol. The SMILES string of the molecule is CCC[CH2][Sn]([CH2]CCC)([CH2]CCC)[c]1nccn1CCOC.CCC[CH2][Sn]([Cl])([CH2]CCC)[CH2]CCC.COCCn1ccnc1.[CH2-]CCC.[Li+]. The van der Waals surface area contributed by atoms with Gasteiger partial charge in [-0.25, -0.2) is 4.98 Å². The molecule has 0 fully saturated rings. The topological polar surface area (TPSA) is 54.1 Å². The van der Waals surface area contributed by atoms with Gasteiger partial charge in [-0.3, -0.25) is 0 Å². The van der Waals surface area contributed by atoms with E-state index in [-0.39, 0.29) is 18.9 Å². The van der Waals surface area contributed by atoms with E-state index >= 15 is 0 Å². The summed E-state index contributed by atoms with van der Waals surface area (Å²) in [5.74, 6) is 0. The zero-order valence-corrected chi connectivity index (χ0v) is 41.5. The summed E-state index contributed by atoms with van der Waals surface area (Å²) in [6.07, 6.45) is 28.2. The molecule has 2 heterocycles. The number of ether oxygens (including phenoxy) is 2. The molecule has 0 spiro atoms. The molecule has 0 unspecified atom stereocenters. The van der Waals surface area contributed by atoms with Gasteiger partial charge in [0.15, 0.2) is 0 Å². The zero-order valence-electron chi connectivity index (χ0n) is 35.0. The Kier molecular flexibility index (Phi) is 43.6. The van der Waals surface area contributed by atoms with Crippen LogP contribution in [0, 0.1) is 6.92 Å². The summed E-state index contributed by atoms with van der Waals surface area (Å²) in [5, 5.41) is 0. The molecule has 50 heavy (non-hydrogen) atoms. The number of aromatic nitrogens is 4. The second kappa shape index (κ2) is 39.5. The van der Waals surface area contributed by atoms with Crippen molar-refractivity contribution in [1.29, 1.82) is 0 Å². The van der Waals surface area contributed by atoms with Crippen molar-refractivity contribution in [1.82, 2.24) is 19.1 Å². The van der Waals surface area contributed by atoms with Crippen molar-refractivity contribution in [2.75, 3.05) is 27.4 Å². The summed E-state index contributed by atoms with van der Waals surface area (Å²) >= 11 is -4.46. The summed E-state index contributed by atoms with van der Waals surface area (Å²) in [4.78, 5) is 8.78. The Bertz CT molecular complexity index is 876. The Morgan fingerprint density at radius 3 is 1.42 bits per heavy atom. The molecule has 0 aliphatic heterocycles. The number of nitrogens with zero attached hydrogens (tertiary/aromatic N) is 4. The van der Waals surface area contributed by atoms with Gasteiger partial charge in [0.25, 0.3) is 0 Å². The van der Waals surface area contributed by atoms with Crippen LogP contribution in [0.2, 0.25) is 26.6 Å². The van der Waals surface area contributed by atoms with Gasteiger partial charge in [0.05, 0.1) is 12.9 Å². The van der Waals surface area contributed by atoms with E-state index in [1.807, 2.05) is 17.0 Å². The summed E-state index contributed by atoms with van der Waals surface area (Å²) in [5.41, 5.74) is 0. The van der Waals surface area contributed by atoms with E-state index in [0.29, 0.717) is 0 Å². The van der Waals surface area contributed by atoms with Gasteiger partial charge in [-0.15, -0.1) is 0 Å². The van der Waals surface area contributed by atoms with E-state index in [9.17, 15) is 0 Å². The molecule has 2 aromatic heterocycles. The van der Waals surface area contributed by atoms with Crippen molar-refractivity contribution in [2.24, 2.45) is 0 Å². The molecular weight excluding hydrogens is 848 g/mol. The molecule has 6 nitrogen and oxygen atoms in total. The van der Waals surface area contributed by atoms with Crippen molar-refractivity contribution < 1.29 is 28.3 Å². The fourth-order valence-corrected chi connectivity index (χ4v) is 35.3. The van der Waals surface area contributed by atoms with Crippen molar-refractivity contribution in [3.8, 4) is 0 Å². The Hall–Kier alpha value is 0.825. The van der Waals surface area contributed by atoms with E-state index in [4.69, 9.17) is 23.4 Å². The average Bonchev–Trinajstić information content (AvgIpc) is 3.84. The van der Waals surface area contributed by atoms with Gasteiger partial charge in [-0.1, -0.05) is 13.3 Å². The maximum absolute atomic E-state index is 6.89.